The first-order chi connectivity index (χ1) is 7.76. The summed E-state index contributed by atoms with van der Waals surface area (Å²) in [7, 11) is 1.97. The van der Waals surface area contributed by atoms with Gasteiger partial charge in [0.1, 0.15) is 6.61 Å². The summed E-state index contributed by atoms with van der Waals surface area (Å²) in [5.74, 6) is 0.753. The molecule has 4 heteroatoms. The Balaban J connectivity index is 1.93. The lowest BCUT2D eigenvalue weighted by molar-refractivity contribution is -0.131. The van der Waals surface area contributed by atoms with E-state index in [1.54, 1.807) is 0 Å². The fraction of sp³-hybridized carbons (Fsp3) is 0.917. The average molecular weight is 228 g/mol. The number of hydrogen-bond acceptors (Lipinski definition) is 3. The minimum atomic E-state index is 0.0190. The summed E-state index contributed by atoms with van der Waals surface area (Å²) in [6, 6.07) is 0. The van der Waals surface area contributed by atoms with Crippen molar-refractivity contribution < 1.29 is 9.53 Å². The second-order valence-corrected chi connectivity index (χ2v) is 4.53. The van der Waals surface area contributed by atoms with Crippen LogP contribution in [-0.4, -0.2) is 38.8 Å². The Labute approximate surface area is 98.1 Å². The molecule has 0 aromatic carbocycles. The fourth-order valence-corrected chi connectivity index (χ4v) is 1.92. The predicted octanol–water partition coefficient (Wildman–Crippen LogP) is 0.917. The first-order valence-corrected chi connectivity index (χ1v) is 6.29. The van der Waals surface area contributed by atoms with Gasteiger partial charge in [-0.1, -0.05) is 13.3 Å². The van der Waals surface area contributed by atoms with Crippen LogP contribution in [0.2, 0.25) is 0 Å². The standard InChI is InChI=1S/C12H24N2O2/c1-3-4-5-14-12(15)9-16-11-6-10(7-11)8-13-2/h10-11,13H,3-9H2,1-2H3,(H,14,15). The Hall–Kier alpha value is -0.610. The second-order valence-electron chi connectivity index (χ2n) is 4.53. The van der Waals surface area contributed by atoms with E-state index < -0.39 is 0 Å². The summed E-state index contributed by atoms with van der Waals surface area (Å²) in [4.78, 5) is 11.3. The van der Waals surface area contributed by atoms with Crippen LogP contribution in [0.4, 0.5) is 0 Å². The van der Waals surface area contributed by atoms with Crippen LogP contribution in [0.25, 0.3) is 0 Å². The molecule has 2 N–H and O–H groups in total. The molecule has 1 saturated carbocycles. The van der Waals surface area contributed by atoms with Crippen molar-refractivity contribution in [2.45, 2.75) is 38.7 Å². The molecule has 1 rings (SSSR count). The first-order valence-electron chi connectivity index (χ1n) is 6.29. The van der Waals surface area contributed by atoms with Crippen molar-refractivity contribution in [3.63, 3.8) is 0 Å². The zero-order valence-electron chi connectivity index (χ0n) is 10.4. The van der Waals surface area contributed by atoms with E-state index in [0.29, 0.717) is 6.10 Å². The van der Waals surface area contributed by atoms with Crippen molar-refractivity contribution in [2.75, 3.05) is 26.7 Å². The largest absolute Gasteiger partial charge is 0.368 e. The Morgan fingerprint density at radius 1 is 1.44 bits per heavy atom. The third kappa shape index (κ3) is 4.94. The fourth-order valence-electron chi connectivity index (χ4n) is 1.92. The molecule has 16 heavy (non-hydrogen) atoms. The van der Waals surface area contributed by atoms with E-state index in [1.807, 2.05) is 7.05 Å². The molecule has 0 heterocycles. The van der Waals surface area contributed by atoms with Crippen molar-refractivity contribution in [3.8, 4) is 0 Å². The van der Waals surface area contributed by atoms with Gasteiger partial charge in [-0.2, -0.15) is 0 Å². The van der Waals surface area contributed by atoms with Crippen LogP contribution in [0.3, 0.4) is 0 Å². The number of amides is 1. The quantitative estimate of drug-likeness (QED) is 0.607. The van der Waals surface area contributed by atoms with Crippen molar-refractivity contribution in [1.82, 2.24) is 10.6 Å². The van der Waals surface area contributed by atoms with Gasteiger partial charge in [-0.25, -0.2) is 0 Å². The first kappa shape index (κ1) is 13.5. The molecule has 0 aliphatic heterocycles. The summed E-state index contributed by atoms with van der Waals surface area (Å²) in [5, 5.41) is 6.00. The number of unbranched alkanes of at least 4 members (excludes halogenated alkanes) is 1. The number of rotatable bonds is 8. The van der Waals surface area contributed by atoms with Gasteiger partial charge in [0.15, 0.2) is 0 Å². The van der Waals surface area contributed by atoms with Gasteiger partial charge in [-0.15, -0.1) is 0 Å². The van der Waals surface area contributed by atoms with Crippen LogP contribution < -0.4 is 10.6 Å². The number of carbonyl (C=O) groups is 1. The summed E-state index contributed by atoms with van der Waals surface area (Å²) in [6.07, 6.45) is 4.62. The van der Waals surface area contributed by atoms with Gasteiger partial charge in [-0.3, -0.25) is 4.79 Å². The van der Waals surface area contributed by atoms with Crippen LogP contribution in [0.5, 0.6) is 0 Å². The third-order valence-corrected chi connectivity index (χ3v) is 2.99. The van der Waals surface area contributed by atoms with Gasteiger partial charge in [0.05, 0.1) is 6.10 Å². The number of nitrogens with one attached hydrogen (secondary N) is 2. The van der Waals surface area contributed by atoms with Crippen LogP contribution in [0.1, 0.15) is 32.6 Å². The molecule has 0 atom stereocenters. The van der Waals surface area contributed by atoms with Gasteiger partial charge < -0.3 is 15.4 Å². The monoisotopic (exact) mass is 228 g/mol. The lowest BCUT2D eigenvalue weighted by Crippen LogP contribution is -2.39. The van der Waals surface area contributed by atoms with Crippen LogP contribution in [0, 0.1) is 5.92 Å². The molecule has 0 saturated heterocycles. The van der Waals surface area contributed by atoms with Crippen molar-refractivity contribution in [1.29, 1.82) is 0 Å². The average Bonchev–Trinajstić information content (AvgIpc) is 2.21. The summed E-state index contributed by atoms with van der Waals surface area (Å²) < 4.78 is 5.51. The number of carbonyl (C=O) groups excluding carboxylic acids is 1. The maximum absolute atomic E-state index is 11.3. The maximum atomic E-state index is 11.3. The predicted molar refractivity (Wildman–Crippen MR) is 64.3 cm³/mol. The highest BCUT2D eigenvalue weighted by Crippen LogP contribution is 2.29. The molecule has 0 aromatic rings. The van der Waals surface area contributed by atoms with Crippen molar-refractivity contribution in [3.05, 3.63) is 0 Å². The molecule has 0 radical (unpaired) electrons. The topological polar surface area (TPSA) is 50.4 Å². The molecule has 94 valence electrons. The number of hydrogen-bond donors (Lipinski definition) is 2. The molecule has 1 amide bonds. The molecule has 0 unspecified atom stereocenters. The molecular formula is C12H24N2O2. The van der Waals surface area contributed by atoms with Crippen LogP contribution in [-0.2, 0) is 9.53 Å². The summed E-state index contributed by atoms with van der Waals surface area (Å²) >= 11 is 0. The van der Waals surface area contributed by atoms with Crippen LogP contribution in [0.15, 0.2) is 0 Å². The van der Waals surface area contributed by atoms with E-state index in [1.165, 1.54) is 0 Å². The molecule has 0 spiro atoms. The Morgan fingerprint density at radius 3 is 2.81 bits per heavy atom. The Bertz CT molecular complexity index is 203. The second kappa shape index (κ2) is 7.63. The number of ether oxygens (including phenoxy) is 1. The van der Waals surface area contributed by atoms with E-state index in [2.05, 4.69) is 17.6 Å². The molecule has 1 aliphatic carbocycles. The lowest BCUT2D eigenvalue weighted by Gasteiger charge is -2.34. The third-order valence-electron chi connectivity index (χ3n) is 2.99. The minimum absolute atomic E-state index is 0.0190. The van der Waals surface area contributed by atoms with Gasteiger partial charge in [0, 0.05) is 6.54 Å². The minimum Gasteiger partial charge on any atom is -0.368 e. The molecule has 0 aromatic heterocycles. The summed E-state index contributed by atoms with van der Waals surface area (Å²) in [5.41, 5.74) is 0. The smallest absolute Gasteiger partial charge is 0.246 e. The zero-order valence-corrected chi connectivity index (χ0v) is 10.4. The van der Waals surface area contributed by atoms with E-state index in [0.717, 1.165) is 44.7 Å². The van der Waals surface area contributed by atoms with Gasteiger partial charge in [0.2, 0.25) is 5.91 Å². The lowest BCUT2D eigenvalue weighted by atomic mass is 9.82. The molecule has 4 nitrogen and oxygen atoms in total. The molecule has 1 fully saturated rings. The normalized spacial score (nSPS) is 23.9. The summed E-state index contributed by atoms with van der Waals surface area (Å²) in [6.45, 7) is 4.16. The van der Waals surface area contributed by atoms with Crippen molar-refractivity contribution in [2.24, 2.45) is 5.92 Å². The van der Waals surface area contributed by atoms with Gasteiger partial charge >= 0.3 is 0 Å². The maximum Gasteiger partial charge on any atom is 0.246 e. The van der Waals surface area contributed by atoms with E-state index in [4.69, 9.17) is 4.74 Å². The van der Waals surface area contributed by atoms with E-state index >= 15 is 0 Å². The van der Waals surface area contributed by atoms with Gasteiger partial charge in [-0.05, 0) is 38.8 Å². The molecule has 1 aliphatic rings. The Morgan fingerprint density at radius 2 is 2.19 bits per heavy atom. The van der Waals surface area contributed by atoms with Gasteiger partial charge in [0.25, 0.3) is 0 Å². The van der Waals surface area contributed by atoms with Crippen LogP contribution >= 0.6 is 0 Å². The molecular weight excluding hydrogens is 204 g/mol. The molecule has 0 bridgehead atoms. The highest BCUT2D eigenvalue weighted by molar-refractivity contribution is 5.77. The highest BCUT2D eigenvalue weighted by atomic mass is 16.5. The zero-order chi connectivity index (χ0) is 11.8. The highest BCUT2D eigenvalue weighted by Gasteiger charge is 2.29. The van der Waals surface area contributed by atoms with E-state index in [9.17, 15) is 4.79 Å². The van der Waals surface area contributed by atoms with Crippen molar-refractivity contribution >= 4 is 5.91 Å². The van der Waals surface area contributed by atoms with E-state index in [-0.39, 0.29) is 12.5 Å². The SMILES string of the molecule is CCCCNC(=O)COC1CC(CNC)C1. The Kier molecular flexibility index (Phi) is 6.42.